The van der Waals surface area contributed by atoms with Gasteiger partial charge >= 0.3 is 5.69 Å². The molecule has 2 aromatic rings. The summed E-state index contributed by atoms with van der Waals surface area (Å²) in [4.78, 5) is 22.7. The van der Waals surface area contributed by atoms with E-state index in [-0.39, 0.29) is 17.0 Å². The molecule has 0 heterocycles. The molecule has 0 saturated heterocycles. The summed E-state index contributed by atoms with van der Waals surface area (Å²) in [7, 11) is 1.32. The Bertz CT molecular complexity index is 903. The number of nitrogens with one attached hydrogen (secondary N) is 1. The van der Waals surface area contributed by atoms with Gasteiger partial charge in [-0.25, -0.2) is 0 Å². The monoisotopic (exact) mass is 357 g/mol. The smallest absolute Gasteiger partial charge is 0.311 e. The topological polar surface area (TPSA) is 105 Å². The minimum absolute atomic E-state index is 0.0844. The first-order valence-corrected chi connectivity index (χ1v) is 7.34. The van der Waals surface area contributed by atoms with Crippen LogP contribution in [0.2, 0.25) is 5.02 Å². The van der Waals surface area contributed by atoms with E-state index in [1.54, 1.807) is 30.3 Å². The summed E-state index contributed by atoms with van der Waals surface area (Å²) < 4.78 is 4.91. The van der Waals surface area contributed by atoms with Crippen LogP contribution in [0.3, 0.4) is 0 Å². The predicted molar refractivity (Wildman–Crippen MR) is 93.3 cm³/mol. The summed E-state index contributed by atoms with van der Waals surface area (Å²) in [5.41, 5.74) is 0.189. The molecule has 1 amide bonds. The highest BCUT2D eigenvalue weighted by Gasteiger charge is 2.16. The van der Waals surface area contributed by atoms with Crippen molar-refractivity contribution < 1.29 is 14.5 Å². The fourth-order valence-corrected chi connectivity index (χ4v) is 2.19. The molecule has 0 aliphatic rings. The fourth-order valence-electron chi connectivity index (χ4n) is 2.01. The van der Waals surface area contributed by atoms with Gasteiger partial charge in [0.2, 0.25) is 0 Å². The Hall–Kier alpha value is -3.37. The lowest BCUT2D eigenvalue weighted by Crippen LogP contribution is -2.13. The molecule has 0 aliphatic heterocycles. The molecule has 0 saturated carbocycles. The van der Waals surface area contributed by atoms with Crippen LogP contribution in [0, 0.1) is 21.4 Å². The highest BCUT2D eigenvalue weighted by atomic mass is 35.5. The summed E-state index contributed by atoms with van der Waals surface area (Å²) in [6, 6.07) is 12.5. The number of nitrogens with zero attached hydrogens (tertiary/aromatic N) is 2. The zero-order valence-corrected chi connectivity index (χ0v) is 13.8. The molecule has 126 valence electrons. The van der Waals surface area contributed by atoms with E-state index < -0.39 is 10.8 Å². The molecule has 7 nitrogen and oxygen atoms in total. The average Bonchev–Trinajstić information content (AvgIpc) is 2.61. The standard InChI is InChI=1S/C17H12ClN3O4/c1-25-16-7-6-11(9-15(16)21(23)24)8-12(10-19)17(22)20-14-5-3-2-4-13(14)18/h2-9H,1H3,(H,20,22)/b12-8-. The predicted octanol–water partition coefficient (Wildman–Crippen LogP) is 3.80. The Labute approximate surface area is 148 Å². The lowest BCUT2D eigenvalue weighted by atomic mass is 10.1. The van der Waals surface area contributed by atoms with Crippen molar-refractivity contribution in [3.63, 3.8) is 0 Å². The molecule has 0 radical (unpaired) electrons. The maximum atomic E-state index is 12.2. The molecule has 0 aromatic heterocycles. The molecule has 0 spiro atoms. The van der Waals surface area contributed by atoms with Gasteiger partial charge in [-0.1, -0.05) is 29.8 Å². The molecule has 1 N–H and O–H groups in total. The number of hydrogen-bond acceptors (Lipinski definition) is 5. The third-order valence-electron chi connectivity index (χ3n) is 3.20. The third-order valence-corrected chi connectivity index (χ3v) is 3.53. The van der Waals surface area contributed by atoms with Gasteiger partial charge in [0.05, 0.1) is 22.7 Å². The SMILES string of the molecule is COc1ccc(/C=C(/C#N)C(=O)Nc2ccccc2Cl)cc1[N+](=O)[O-]. The molecule has 0 fully saturated rings. The second-order valence-corrected chi connectivity index (χ2v) is 5.20. The number of nitriles is 1. The molecule has 25 heavy (non-hydrogen) atoms. The van der Waals surface area contributed by atoms with Crippen LogP contribution >= 0.6 is 11.6 Å². The molecular formula is C17H12ClN3O4. The van der Waals surface area contributed by atoms with Gasteiger partial charge in [-0.15, -0.1) is 0 Å². The summed E-state index contributed by atoms with van der Waals surface area (Å²) >= 11 is 5.96. The maximum Gasteiger partial charge on any atom is 0.311 e. The van der Waals surface area contributed by atoms with Gasteiger partial charge in [-0.3, -0.25) is 14.9 Å². The summed E-state index contributed by atoms with van der Waals surface area (Å²) in [6.07, 6.45) is 1.25. The number of nitro groups is 1. The summed E-state index contributed by atoms with van der Waals surface area (Å²) in [6.45, 7) is 0. The van der Waals surface area contributed by atoms with Crippen molar-refractivity contribution in [2.24, 2.45) is 0 Å². The Balaban J connectivity index is 2.33. The van der Waals surface area contributed by atoms with E-state index in [0.717, 1.165) is 0 Å². The summed E-state index contributed by atoms with van der Waals surface area (Å²) in [5, 5.41) is 23.1. The van der Waals surface area contributed by atoms with Crippen LogP contribution in [0.4, 0.5) is 11.4 Å². The van der Waals surface area contributed by atoms with E-state index >= 15 is 0 Å². The van der Waals surface area contributed by atoms with Crippen LogP contribution in [0.1, 0.15) is 5.56 Å². The second-order valence-electron chi connectivity index (χ2n) is 4.79. The largest absolute Gasteiger partial charge is 0.490 e. The van der Waals surface area contributed by atoms with Crippen LogP contribution < -0.4 is 10.1 Å². The molecule has 8 heteroatoms. The number of ether oxygens (including phenoxy) is 1. The van der Waals surface area contributed by atoms with Crippen molar-refractivity contribution >= 4 is 35.0 Å². The van der Waals surface area contributed by atoms with E-state index in [9.17, 15) is 20.2 Å². The second kappa shape index (κ2) is 7.95. The normalized spacial score (nSPS) is 10.7. The number of halogens is 1. The lowest BCUT2D eigenvalue weighted by molar-refractivity contribution is -0.385. The van der Waals surface area contributed by atoms with E-state index in [2.05, 4.69) is 5.32 Å². The first-order valence-electron chi connectivity index (χ1n) is 6.96. The van der Waals surface area contributed by atoms with Crippen LogP contribution in [0.15, 0.2) is 48.0 Å². The van der Waals surface area contributed by atoms with Gasteiger partial charge in [0.15, 0.2) is 5.75 Å². The van der Waals surface area contributed by atoms with Crippen molar-refractivity contribution in [3.8, 4) is 11.8 Å². The fraction of sp³-hybridized carbons (Fsp3) is 0.0588. The van der Waals surface area contributed by atoms with Crippen LogP contribution in [-0.4, -0.2) is 17.9 Å². The Morgan fingerprint density at radius 3 is 2.68 bits per heavy atom. The van der Waals surface area contributed by atoms with E-state index in [0.29, 0.717) is 16.3 Å². The van der Waals surface area contributed by atoms with Crippen molar-refractivity contribution in [3.05, 3.63) is 68.7 Å². The first-order chi connectivity index (χ1) is 12.0. The number of nitro benzene ring substituents is 1. The molecule has 2 rings (SSSR count). The van der Waals surface area contributed by atoms with Crippen molar-refractivity contribution in [1.29, 1.82) is 5.26 Å². The maximum absolute atomic E-state index is 12.2. The number of benzene rings is 2. The Kier molecular flexibility index (Phi) is 5.71. The zero-order chi connectivity index (χ0) is 18.4. The highest BCUT2D eigenvalue weighted by molar-refractivity contribution is 6.34. The highest BCUT2D eigenvalue weighted by Crippen LogP contribution is 2.28. The van der Waals surface area contributed by atoms with Gasteiger partial charge in [0, 0.05) is 6.07 Å². The quantitative estimate of drug-likeness (QED) is 0.379. The van der Waals surface area contributed by atoms with Crippen LogP contribution in [-0.2, 0) is 4.79 Å². The number of hydrogen-bond donors (Lipinski definition) is 1. The molecule has 0 bridgehead atoms. The number of carbonyl (C=O) groups excluding carboxylic acids is 1. The Morgan fingerprint density at radius 1 is 1.36 bits per heavy atom. The van der Waals surface area contributed by atoms with Gasteiger partial charge in [0.1, 0.15) is 11.6 Å². The van der Waals surface area contributed by atoms with Crippen LogP contribution in [0.5, 0.6) is 5.75 Å². The molecule has 0 unspecified atom stereocenters. The van der Waals surface area contributed by atoms with E-state index in [1.807, 2.05) is 0 Å². The number of anilines is 1. The zero-order valence-electron chi connectivity index (χ0n) is 13.0. The van der Waals surface area contributed by atoms with E-state index in [4.69, 9.17) is 16.3 Å². The molecule has 2 aromatic carbocycles. The third kappa shape index (κ3) is 4.34. The average molecular weight is 358 g/mol. The molecule has 0 atom stereocenters. The van der Waals surface area contributed by atoms with Gasteiger partial charge in [-0.05, 0) is 29.8 Å². The number of carbonyl (C=O) groups is 1. The summed E-state index contributed by atoms with van der Waals surface area (Å²) in [5.74, 6) is -0.588. The van der Waals surface area contributed by atoms with Crippen LogP contribution in [0.25, 0.3) is 6.08 Å². The Morgan fingerprint density at radius 2 is 2.08 bits per heavy atom. The lowest BCUT2D eigenvalue weighted by Gasteiger charge is -2.06. The first kappa shape index (κ1) is 18.0. The molecule has 0 aliphatic carbocycles. The van der Waals surface area contributed by atoms with Crippen molar-refractivity contribution in [2.45, 2.75) is 0 Å². The minimum atomic E-state index is -0.672. The van der Waals surface area contributed by atoms with Crippen molar-refractivity contribution in [1.82, 2.24) is 0 Å². The van der Waals surface area contributed by atoms with Crippen molar-refractivity contribution in [2.75, 3.05) is 12.4 Å². The van der Waals surface area contributed by atoms with E-state index in [1.165, 1.54) is 31.4 Å². The van der Waals surface area contributed by atoms with Gasteiger partial charge in [-0.2, -0.15) is 5.26 Å². The number of amides is 1. The number of para-hydroxylation sites is 1. The number of methoxy groups -OCH3 is 1. The van der Waals surface area contributed by atoms with Gasteiger partial charge in [0.25, 0.3) is 5.91 Å². The minimum Gasteiger partial charge on any atom is -0.490 e. The number of rotatable bonds is 5. The molecular weight excluding hydrogens is 346 g/mol. The van der Waals surface area contributed by atoms with Gasteiger partial charge < -0.3 is 10.1 Å².